The van der Waals surface area contributed by atoms with Crippen molar-refractivity contribution in [2.24, 2.45) is 5.73 Å². The van der Waals surface area contributed by atoms with Crippen LogP contribution in [0, 0.1) is 5.41 Å². The first kappa shape index (κ1) is 16.7. The van der Waals surface area contributed by atoms with E-state index in [0.717, 1.165) is 11.1 Å². The van der Waals surface area contributed by atoms with Crippen LogP contribution in [0.15, 0.2) is 34.9 Å². The number of carbonyl (C=O) groups is 1. The second kappa shape index (κ2) is 7.55. The van der Waals surface area contributed by atoms with Crippen LogP contribution in [0.2, 0.25) is 0 Å². The van der Waals surface area contributed by atoms with Gasteiger partial charge in [-0.15, -0.1) is 0 Å². The second-order valence-corrected chi connectivity index (χ2v) is 5.16. The molecule has 23 heavy (non-hydrogen) atoms. The highest BCUT2D eigenvalue weighted by Crippen LogP contribution is 2.20. The van der Waals surface area contributed by atoms with Crippen molar-refractivity contribution in [3.8, 4) is 11.3 Å². The molecule has 0 aliphatic heterocycles. The van der Waals surface area contributed by atoms with Crippen molar-refractivity contribution in [3.05, 3.63) is 41.7 Å². The molecule has 0 radical (unpaired) electrons. The minimum absolute atomic E-state index is 0.0278. The van der Waals surface area contributed by atoms with Crippen molar-refractivity contribution in [1.82, 2.24) is 10.1 Å². The first-order valence-electron chi connectivity index (χ1n) is 7.14. The molecule has 3 N–H and O–H groups in total. The summed E-state index contributed by atoms with van der Waals surface area (Å²) in [5.41, 5.74) is 7.40. The summed E-state index contributed by atoms with van der Waals surface area (Å²) in [5, 5.41) is 12.1. The highest BCUT2D eigenvalue weighted by atomic mass is 16.5. The Morgan fingerprint density at radius 3 is 2.70 bits per heavy atom. The van der Waals surface area contributed by atoms with Crippen LogP contribution in [0.4, 0.5) is 0 Å². The highest BCUT2D eigenvalue weighted by molar-refractivity contribution is 5.96. The number of hydrogen-bond acceptors (Lipinski definition) is 5. The highest BCUT2D eigenvalue weighted by Gasteiger charge is 2.11. The lowest BCUT2D eigenvalue weighted by Crippen LogP contribution is -2.29. The van der Waals surface area contributed by atoms with E-state index in [0.29, 0.717) is 30.4 Å². The molecule has 0 saturated heterocycles. The van der Waals surface area contributed by atoms with E-state index in [9.17, 15) is 4.79 Å². The van der Waals surface area contributed by atoms with E-state index in [1.54, 1.807) is 13.2 Å². The van der Waals surface area contributed by atoms with Crippen LogP contribution in [-0.2, 0) is 16.0 Å². The normalized spacial score (nSPS) is 10.5. The van der Waals surface area contributed by atoms with Crippen LogP contribution in [0.5, 0.6) is 0 Å². The summed E-state index contributed by atoms with van der Waals surface area (Å²) < 4.78 is 10.1. The maximum atomic E-state index is 10.9. The molecule has 1 aromatic carbocycles. The molecule has 0 aliphatic carbocycles. The zero-order chi connectivity index (χ0) is 16.8. The minimum atomic E-state index is -0.462. The van der Waals surface area contributed by atoms with Gasteiger partial charge in [0.25, 0.3) is 0 Å². The third kappa shape index (κ3) is 4.40. The molecule has 0 spiro atoms. The molecule has 7 nitrogen and oxygen atoms in total. The van der Waals surface area contributed by atoms with E-state index >= 15 is 0 Å². The molecule has 2 aromatic rings. The van der Waals surface area contributed by atoms with Crippen molar-refractivity contribution >= 4 is 11.7 Å². The monoisotopic (exact) mass is 316 g/mol. The van der Waals surface area contributed by atoms with Crippen LogP contribution < -0.4 is 5.73 Å². The number of likely N-dealkylation sites (N-methyl/N-ethyl adjacent to an activating group) is 1. The molecule has 7 heteroatoms. The molecule has 0 atom stereocenters. The number of nitrogens with one attached hydrogen (secondary N) is 1. The third-order valence-electron chi connectivity index (χ3n) is 3.37. The molecule has 1 heterocycles. The van der Waals surface area contributed by atoms with Gasteiger partial charge in [-0.25, -0.2) is 0 Å². The lowest BCUT2D eigenvalue weighted by Gasteiger charge is -2.19. The number of aromatic nitrogens is 1. The lowest BCUT2D eigenvalue weighted by atomic mass is 10.1. The summed E-state index contributed by atoms with van der Waals surface area (Å²) in [6.45, 7) is 1.22. The number of carbonyl (C=O) groups excluding carboxylic acids is 1. The Hall–Kier alpha value is -2.67. The quantitative estimate of drug-likeness (QED) is 0.591. The maximum absolute atomic E-state index is 10.9. The molecule has 2 rings (SSSR count). The van der Waals surface area contributed by atoms with E-state index in [4.69, 9.17) is 20.4 Å². The van der Waals surface area contributed by atoms with E-state index in [1.165, 1.54) is 0 Å². The number of methoxy groups -OCH3 is 1. The standard InChI is InChI=1S/C16H20N4O3/c1-20(7-8-22-2)16(18)12-5-3-11(4-6-12)14-9-13(23-19-14)10-15(17)21/h3-6,9,18H,7-8,10H2,1-2H3,(H2,17,21). The molecule has 0 fully saturated rings. The Morgan fingerprint density at radius 1 is 1.39 bits per heavy atom. The SMILES string of the molecule is COCCN(C)C(=N)c1ccc(-c2cc(CC(N)=O)on2)cc1. The first-order chi connectivity index (χ1) is 11.0. The fourth-order valence-electron chi connectivity index (χ4n) is 2.06. The van der Waals surface area contributed by atoms with Crippen LogP contribution in [-0.4, -0.2) is 49.1 Å². The van der Waals surface area contributed by atoms with Gasteiger partial charge >= 0.3 is 0 Å². The van der Waals surface area contributed by atoms with Gasteiger partial charge in [-0.2, -0.15) is 0 Å². The van der Waals surface area contributed by atoms with Crippen molar-refractivity contribution in [2.45, 2.75) is 6.42 Å². The van der Waals surface area contributed by atoms with E-state index < -0.39 is 5.91 Å². The Morgan fingerprint density at radius 2 is 2.09 bits per heavy atom. The summed E-state index contributed by atoms with van der Waals surface area (Å²) >= 11 is 0. The average Bonchev–Trinajstić information content (AvgIpc) is 2.99. The van der Waals surface area contributed by atoms with E-state index in [2.05, 4.69) is 5.16 Å². The summed E-state index contributed by atoms with van der Waals surface area (Å²) in [4.78, 5) is 12.7. The summed E-state index contributed by atoms with van der Waals surface area (Å²) in [5.74, 6) is 0.391. The molecular formula is C16H20N4O3. The maximum Gasteiger partial charge on any atom is 0.225 e. The van der Waals surface area contributed by atoms with E-state index in [1.807, 2.05) is 36.2 Å². The van der Waals surface area contributed by atoms with Gasteiger partial charge in [0.15, 0.2) is 0 Å². The largest absolute Gasteiger partial charge is 0.383 e. The molecular weight excluding hydrogens is 296 g/mol. The number of amides is 1. The van der Waals surface area contributed by atoms with Gasteiger partial charge in [0.05, 0.1) is 13.0 Å². The number of hydrogen-bond donors (Lipinski definition) is 2. The molecule has 0 aliphatic rings. The number of amidine groups is 1. The molecule has 0 bridgehead atoms. The number of benzene rings is 1. The summed E-state index contributed by atoms with van der Waals surface area (Å²) in [7, 11) is 3.49. The second-order valence-electron chi connectivity index (χ2n) is 5.16. The van der Waals surface area contributed by atoms with Crippen molar-refractivity contribution in [2.75, 3.05) is 27.3 Å². The zero-order valence-electron chi connectivity index (χ0n) is 13.2. The Labute approximate surface area is 134 Å². The van der Waals surface area contributed by atoms with Crippen molar-refractivity contribution < 1.29 is 14.1 Å². The predicted molar refractivity (Wildman–Crippen MR) is 86.2 cm³/mol. The number of nitrogens with zero attached hydrogens (tertiary/aromatic N) is 2. The van der Waals surface area contributed by atoms with E-state index in [-0.39, 0.29) is 6.42 Å². The van der Waals surface area contributed by atoms with Gasteiger partial charge in [0.2, 0.25) is 5.91 Å². The Kier molecular flexibility index (Phi) is 5.48. The third-order valence-corrected chi connectivity index (χ3v) is 3.37. The van der Waals surface area contributed by atoms with Gasteiger partial charge in [-0.1, -0.05) is 29.4 Å². The zero-order valence-corrected chi connectivity index (χ0v) is 13.2. The van der Waals surface area contributed by atoms with Gasteiger partial charge in [0, 0.05) is 37.9 Å². The average molecular weight is 316 g/mol. The fourth-order valence-corrected chi connectivity index (χ4v) is 2.06. The summed E-state index contributed by atoms with van der Waals surface area (Å²) in [6, 6.07) is 9.11. The van der Waals surface area contributed by atoms with Gasteiger partial charge in [-0.05, 0) is 0 Å². The van der Waals surface area contributed by atoms with Crippen LogP contribution >= 0.6 is 0 Å². The predicted octanol–water partition coefficient (Wildman–Crippen LogP) is 1.27. The van der Waals surface area contributed by atoms with Crippen LogP contribution in [0.25, 0.3) is 11.3 Å². The lowest BCUT2D eigenvalue weighted by molar-refractivity contribution is -0.117. The smallest absolute Gasteiger partial charge is 0.225 e. The molecule has 0 unspecified atom stereocenters. The van der Waals surface area contributed by atoms with Crippen LogP contribution in [0.1, 0.15) is 11.3 Å². The van der Waals surface area contributed by atoms with Crippen molar-refractivity contribution in [3.63, 3.8) is 0 Å². The number of primary amides is 1. The fraction of sp³-hybridized carbons (Fsp3) is 0.312. The Balaban J connectivity index is 2.08. The minimum Gasteiger partial charge on any atom is -0.383 e. The van der Waals surface area contributed by atoms with Gasteiger partial charge in [0.1, 0.15) is 17.3 Å². The molecule has 1 aromatic heterocycles. The van der Waals surface area contributed by atoms with Crippen LogP contribution in [0.3, 0.4) is 0 Å². The first-order valence-corrected chi connectivity index (χ1v) is 7.14. The summed E-state index contributed by atoms with van der Waals surface area (Å²) in [6.07, 6.45) is 0.0278. The molecule has 122 valence electrons. The van der Waals surface area contributed by atoms with Gasteiger partial charge < -0.3 is 19.9 Å². The Bertz CT molecular complexity index is 679. The topological polar surface area (TPSA) is 105 Å². The van der Waals surface area contributed by atoms with Gasteiger partial charge in [-0.3, -0.25) is 10.2 Å². The molecule has 0 saturated carbocycles. The molecule has 1 amide bonds. The van der Waals surface area contributed by atoms with Crippen molar-refractivity contribution in [1.29, 1.82) is 5.41 Å². The number of rotatable bonds is 7. The number of nitrogens with two attached hydrogens (primary N) is 1. The number of ether oxygens (including phenoxy) is 1.